The van der Waals surface area contributed by atoms with Gasteiger partial charge in [-0.05, 0) is 35.3 Å². The van der Waals surface area contributed by atoms with E-state index >= 15 is 0 Å². The van der Waals surface area contributed by atoms with Gasteiger partial charge in [-0.2, -0.15) is 0 Å². The van der Waals surface area contributed by atoms with Gasteiger partial charge in [-0.15, -0.1) is 11.3 Å². The number of carbonyl (C=O) groups excluding carboxylic acids is 2. The van der Waals surface area contributed by atoms with Gasteiger partial charge in [-0.1, -0.05) is 62.0 Å². The molecule has 0 saturated heterocycles. The minimum atomic E-state index is -0.391. The number of hydrogen-bond donors (Lipinski definition) is 1. The molecule has 3 heterocycles. The molecule has 0 saturated carbocycles. The number of fused-ring (bicyclic) bond motifs is 1. The van der Waals surface area contributed by atoms with E-state index in [0.717, 1.165) is 21.3 Å². The highest BCUT2D eigenvalue weighted by molar-refractivity contribution is 8.16. The zero-order chi connectivity index (χ0) is 23.4. The number of amides is 1. The summed E-state index contributed by atoms with van der Waals surface area (Å²) in [6.45, 7) is 6.80. The molecule has 2 aliphatic rings. The van der Waals surface area contributed by atoms with Crippen LogP contribution in [-0.4, -0.2) is 28.5 Å². The first-order chi connectivity index (χ1) is 15.9. The predicted octanol–water partition coefficient (Wildman–Crippen LogP) is 5.23. The average Bonchev–Trinajstić information content (AvgIpc) is 3.46. The summed E-state index contributed by atoms with van der Waals surface area (Å²) in [5, 5.41) is 7.70. The van der Waals surface area contributed by atoms with Crippen molar-refractivity contribution in [1.29, 1.82) is 0 Å². The molecule has 1 unspecified atom stereocenters. The average molecular weight is 482 g/mol. The SMILES string of the molecule is CC1=C(C(=O)OCc2ccccc2)C(c2cccs2)N2C(CC(=O)NCC(C)C)=CSC2=N1. The third-order valence-electron chi connectivity index (χ3n) is 5.30. The summed E-state index contributed by atoms with van der Waals surface area (Å²) in [5.41, 5.74) is 2.91. The Morgan fingerprint density at radius 1 is 1.18 bits per heavy atom. The van der Waals surface area contributed by atoms with Crippen LogP contribution in [0.1, 0.15) is 43.7 Å². The molecule has 1 atom stereocenters. The minimum absolute atomic E-state index is 0.0405. The number of nitrogens with one attached hydrogen (secondary N) is 1. The second-order valence-corrected chi connectivity index (χ2v) is 10.2. The van der Waals surface area contributed by atoms with Crippen LogP contribution in [0.15, 0.2) is 75.2 Å². The van der Waals surface area contributed by atoms with Crippen molar-refractivity contribution in [2.75, 3.05) is 6.54 Å². The molecule has 172 valence electrons. The van der Waals surface area contributed by atoms with Gasteiger partial charge in [0, 0.05) is 17.1 Å². The van der Waals surface area contributed by atoms with Crippen molar-refractivity contribution in [3.05, 3.63) is 80.7 Å². The lowest BCUT2D eigenvalue weighted by Crippen LogP contribution is -2.38. The van der Waals surface area contributed by atoms with Crippen molar-refractivity contribution >= 4 is 40.1 Å². The normalized spacial score (nSPS) is 17.6. The Morgan fingerprint density at radius 3 is 2.67 bits per heavy atom. The molecule has 1 N–H and O–H groups in total. The first-order valence-electron chi connectivity index (χ1n) is 10.9. The number of carbonyl (C=O) groups is 2. The van der Waals surface area contributed by atoms with E-state index in [1.54, 1.807) is 11.3 Å². The molecular formula is C25H27N3O3S2. The van der Waals surface area contributed by atoms with Crippen LogP contribution >= 0.6 is 23.1 Å². The first kappa shape index (κ1) is 23.3. The third-order valence-corrected chi connectivity index (χ3v) is 7.11. The van der Waals surface area contributed by atoms with Crippen molar-refractivity contribution in [1.82, 2.24) is 10.2 Å². The molecule has 0 bridgehead atoms. The second kappa shape index (κ2) is 10.4. The van der Waals surface area contributed by atoms with E-state index in [9.17, 15) is 9.59 Å². The van der Waals surface area contributed by atoms with Crippen molar-refractivity contribution in [3.63, 3.8) is 0 Å². The summed E-state index contributed by atoms with van der Waals surface area (Å²) in [6.07, 6.45) is 0.228. The standard InChI is InChI=1S/C25H27N3O3S2/c1-16(2)13-26-21(29)12-19-15-33-25-27-17(3)22(23(28(19)25)20-10-7-11-32-20)24(30)31-14-18-8-5-4-6-9-18/h4-11,15-16,23H,12-14H2,1-3H3,(H,26,29). The van der Waals surface area contributed by atoms with Gasteiger partial charge in [-0.3, -0.25) is 4.79 Å². The molecule has 8 heteroatoms. The Bertz CT molecular complexity index is 1110. The van der Waals surface area contributed by atoms with E-state index in [0.29, 0.717) is 23.7 Å². The topological polar surface area (TPSA) is 71.0 Å². The van der Waals surface area contributed by atoms with Crippen LogP contribution in [0.2, 0.25) is 0 Å². The molecule has 0 radical (unpaired) electrons. The predicted molar refractivity (Wildman–Crippen MR) is 133 cm³/mol. The number of ether oxygens (including phenoxy) is 1. The van der Waals surface area contributed by atoms with E-state index in [-0.39, 0.29) is 25.0 Å². The van der Waals surface area contributed by atoms with Crippen LogP contribution < -0.4 is 5.32 Å². The van der Waals surface area contributed by atoms with Gasteiger partial charge in [0.05, 0.1) is 17.7 Å². The maximum atomic E-state index is 13.3. The number of amidine groups is 1. The largest absolute Gasteiger partial charge is 0.457 e. The van der Waals surface area contributed by atoms with Crippen molar-refractivity contribution < 1.29 is 14.3 Å². The molecule has 0 aliphatic carbocycles. The molecule has 2 aromatic rings. The Kier molecular flexibility index (Phi) is 7.35. The fourth-order valence-electron chi connectivity index (χ4n) is 3.69. The van der Waals surface area contributed by atoms with Crippen LogP contribution in [0.3, 0.4) is 0 Å². The summed E-state index contributed by atoms with van der Waals surface area (Å²) < 4.78 is 5.70. The molecule has 33 heavy (non-hydrogen) atoms. The van der Waals surface area contributed by atoms with E-state index < -0.39 is 5.97 Å². The van der Waals surface area contributed by atoms with Gasteiger partial charge in [0.25, 0.3) is 0 Å². The molecule has 4 rings (SSSR count). The summed E-state index contributed by atoms with van der Waals surface area (Å²) >= 11 is 3.06. The summed E-state index contributed by atoms with van der Waals surface area (Å²) in [6, 6.07) is 13.2. The minimum Gasteiger partial charge on any atom is -0.457 e. The molecule has 1 aromatic heterocycles. The molecule has 6 nitrogen and oxygen atoms in total. The molecule has 2 aliphatic heterocycles. The molecule has 1 aromatic carbocycles. The van der Waals surface area contributed by atoms with Gasteiger partial charge < -0.3 is 15.0 Å². The molecular weight excluding hydrogens is 454 g/mol. The molecule has 1 amide bonds. The summed E-state index contributed by atoms with van der Waals surface area (Å²) in [5.74, 6) is -0.0531. The number of allylic oxidation sites excluding steroid dienone is 1. The highest BCUT2D eigenvalue weighted by Gasteiger charge is 2.41. The van der Waals surface area contributed by atoms with Crippen LogP contribution in [-0.2, 0) is 20.9 Å². The maximum Gasteiger partial charge on any atom is 0.338 e. The van der Waals surface area contributed by atoms with Gasteiger partial charge in [0.1, 0.15) is 12.6 Å². The highest BCUT2D eigenvalue weighted by Crippen LogP contribution is 2.45. The fourth-order valence-corrected chi connectivity index (χ4v) is 5.48. The van der Waals surface area contributed by atoms with E-state index in [4.69, 9.17) is 9.73 Å². The first-order valence-corrected chi connectivity index (χ1v) is 12.7. The number of benzene rings is 1. The Labute approximate surface area is 202 Å². The molecule has 0 spiro atoms. The maximum absolute atomic E-state index is 13.3. The summed E-state index contributed by atoms with van der Waals surface area (Å²) in [4.78, 5) is 33.6. The Hall–Kier alpha value is -2.84. The number of hydrogen-bond acceptors (Lipinski definition) is 7. The Morgan fingerprint density at radius 2 is 1.97 bits per heavy atom. The smallest absolute Gasteiger partial charge is 0.338 e. The van der Waals surface area contributed by atoms with E-state index in [1.165, 1.54) is 11.8 Å². The zero-order valence-electron chi connectivity index (χ0n) is 18.9. The van der Waals surface area contributed by atoms with Crippen molar-refractivity contribution in [2.45, 2.75) is 39.8 Å². The number of esters is 1. The second-order valence-electron chi connectivity index (χ2n) is 8.34. The van der Waals surface area contributed by atoms with Gasteiger partial charge >= 0.3 is 5.97 Å². The van der Waals surface area contributed by atoms with Gasteiger partial charge in [0.2, 0.25) is 5.91 Å². The third kappa shape index (κ3) is 5.39. The number of thiophene rings is 1. The Balaban J connectivity index is 1.59. The van der Waals surface area contributed by atoms with E-state index in [1.807, 2.05) is 65.1 Å². The summed E-state index contributed by atoms with van der Waals surface area (Å²) in [7, 11) is 0. The lowest BCUT2D eigenvalue weighted by atomic mass is 9.99. The lowest BCUT2D eigenvalue weighted by Gasteiger charge is -2.35. The monoisotopic (exact) mass is 481 g/mol. The van der Waals surface area contributed by atoms with Crippen LogP contribution in [0.25, 0.3) is 0 Å². The van der Waals surface area contributed by atoms with Crippen LogP contribution in [0, 0.1) is 5.92 Å². The quantitative estimate of drug-likeness (QED) is 0.523. The number of thioether (sulfide) groups is 1. The lowest BCUT2D eigenvalue weighted by molar-refractivity contribution is -0.141. The van der Waals surface area contributed by atoms with Crippen molar-refractivity contribution in [3.8, 4) is 0 Å². The number of rotatable bonds is 8. The number of nitrogens with zero attached hydrogens (tertiary/aromatic N) is 2. The van der Waals surface area contributed by atoms with E-state index in [2.05, 4.69) is 19.2 Å². The van der Waals surface area contributed by atoms with Gasteiger partial charge in [-0.25, -0.2) is 9.79 Å². The zero-order valence-corrected chi connectivity index (χ0v) is 20.5. The van der Waals surface area contributed by atoms with Crippen molar-refractivity contribution in [2.24, 2.45) is 10.9 Å². The van der Waals surface area contributed by atoms with Crippen LogP contribution in [0.4, 0.5) is 0 Å². The van der Waals surface area contributed by atoms with Gasteiger partial charge in [0.15, 0.2) is 5.17 Å². The molecule has 0 fully saturated rings. The van der Waals surface area contributed by atoms with Crippen LogP contribution in [0.5, 0.6) is 0 Å². The highest BCUT2D eigenvalue weighted by atomic mass is 32.2. The fraction of sp³-hybridized carbons (Fsp3) is 0.320. The number of aliphatic imine (C=N–C) groups is 1.